The van der Waals surface area contributed by atoms with Gasteiger partial charge in [0.05, 0.1) is 29.1 Å². The summed E-state index contributed by atoms with van der Waals surface area (Å²) in [5.41, 5.74) is 2.62. The molecule has 1 atom stereocenters. The summed E-state index contributed by atoms with van der Waals surface area (Å²) in [4.78, 5) is 20.9. The number of halogens is 1. The van der Waals surface area contributed by atoms with Crippen molar-refractivity contribution in [3.63, 3.8) is 0 Å². The predicted octanol–water partition coefficient (Wildman–Crippen LogP) is 4.58. The first-order chi connectivity index (χ1) is 14.6. The normalized spacial score (nSPS) is 15.7. The second-order valence-corrected chi connectivity index (χ2v) is 8.84. The zero-order chi connectivity index (χ0) is 20.9. The Morgan fingerprint density at radius 1 is 1.17 bits per heavy atom. The van der Waals surface area contributed by atoms with Crippen LogP contribution in [0, 0.1) is 6.92 Å². The number of aromatic nitrogens is 1. The van der Waals surface area contributed by atoms with Crippen LogP contribution in [0.1, 0.15) is 27.1 Å². The lowest BCUT2D eigenvalue weighted by molar-refractivity contribution is 0.0162. The molecule has 1 unspecified atom stereocenters. The van der Waals surface area contributed by atoms with Gasteiger partial charge in [0.25, 0.3) is 5.91 Å². The van der Waals surface area contributed by atoms with E-state index in [1.54, 1.807) is 11.3 Å². The van der Waals surface area contributed by atoms with Crippen LogP contribution in [0.5, 0.6) is 0 Å². The molecule has 0 saturated carbocycles. The predicted molar refractivity (Wildman–Crippen MR) is 121 cm³/mol. The Hall–Kier alpha value is -2.25. The smallest absolute Gasteiger partial charge is 0.271 e. The van der Waals surface area contributed by atoms with Gasteiger partial charge in [0, 0.05) is 24.7 Å². The van der Waals surface area contributed by atoms with Gasteiger partial charge in [-0.2, -0.15) is 0 Å². The number of carbonyl (C=O) groups excluding carboxylic acids is 1. The number of rotatable bonds is 6. The molecule has 7 heteroatoms. The Labute approximate surface area is 185 Å². The number of morpholine rings is 1. The van der Waals surface area contributed by atoms with Gasteiger partial charge in [-0.1, -0.05) is 54.1 Å². The van der Waals surface area contributed by atoms with E-state index < -0.39 is 0 Å². The Morgan fingerprint density at radius 2 is 1.87 bits per heavy atom. The van der Waals surface area contributed by atoms with E-state index in [0.717, 1.165) is 34.1 Å². The Morgan fingerprint density at radius 3 is 2.57 bits per heavy atom. The molecule has 0 bridgehead atoms. The van der Waals surface area contributed by atoms with Crippen LogP contribution >= 0.6 is 22.9 Å². The number of nitrogens with zero attached hydrogens (tertiary/aromatic N) is 2. The minimum Gasteiger partial charge on any atom is -0.379 e. The molecule has 4 rings (SSSR count). The van der Waals surface area contributed by atoms with E-state index in [9.17, 15) is 4.79 Å². The lowest BCUT2D eigenvalue weighted by Gasteiger charge is -2.35. The van der Waals surface area contributed by atoms with Crippen molar-refractivity contribution in [2.45, 2.75) is 13.0 Å². The van der Waals surface area contributed by atoms with Crippen molar-refractivity contribution < 1.29 is 9.53 Å². The SMILES string of the molecule is Cc1nc(C(=O)NCC(c2ccc(Cl)cc2)N2CCOCC2)c(-c2ccccc2)s1. The molecule has 156 valence electrons. The first-order valence-electron chi connectivity index (χ1n) is 10.00. The molecule has 1 aliphatic heterocycles. The molecule has 1 N–H and O–H groups in total. The van der Waals surface area contributed by atoms with E-state index in [1.807, 2.05) is 61.5 Å². The van der Waals surface area contributed by atoms with Gasteiger partial charge < -0.3 is 10.1 Å². The summed E-state index contributed by atoms with van der Waals surface area (Å²) in [5.74, 6) is -0.148. The summed E-state index contributed by atoms with van der Waals surface area (Å²) in [7, 11) is 0. The molecule has 0 radical (unpaired) electrons. The molecular formula is C23H24ClN3O2S. The molecule has 2 heterocycles. The molecule has 5 nitrogen and oxygen atoms in total. The first-order valence-corrected chi connectivity index (χ1v) is 11.2. The van der Waals surface area contributed by atoms with Crippen molar-refractivity contribution in [2.75, 3.05) is 32.8 Å². The average Bonchev–Trinajstić information content (AvgIpc) is 3.18. The van der Waals surface area contributed by atoms with Gasteiger partial charge in [-0.15, -0.1) is 11.3 Å². The van der Waals surface area contributed by atoms with E-state index in [-0.39, 0.29) is 11.9 Å². The number of amides is 1. The van der Waals surface area contributed by atoms with Crippen molar-refractivity contribution in [3.8, 4) is 10.4 Å². The highest BCUT2D eigenvalue weighted by Gasteiger charge is 2.25. The molecule has 1 fully saturated rings. The Balaban J connectivity index is 1.54. The average molecular weight is 442 g/mol. The fourth-order valence-electron chi connectivity index (χ4n) is 3.67. The van der Waals surface area contributed by atoms with Gasteiger partial charge in [-0.05, 0) is 30.2 Å². The maximum absolute atomic E-state index is 13.1. The molecule has 3 aromatic rings. The summed E-state index contributed by atoms with van der Waals surface area (Å²) in [6.07, 6.45) is 0. The van der Waals surface area contributed by atoms with Gasteiger partial charge >= 0.3 is 0 Å². The van der Waals surface area contributed by atoms with Gasteiger partial charge in [-0.25, -0.2) is 4.98 Å². The maximum atomic E-state index is 13.1. The molecule has 1 aliphatic rings. The highest BCUT2D eigenvalue weighted by atomic mass is 35.5. The lowest BCUT2D eigenvalue weighted by Crippen LogP contribution is -2.43. The van der Waals surface area contributed by atoms with Gasteiger partial charge in [0.1, 0.15) is 5.69 Å². The highest BCUT2D eigenvalue weighted by Crippen LogP contribution is 2.30. The number of hydrogen-bond donors (Lipinski definition) is 1. The number of benzene rings is 2. The highest BCUT2D eigenvalue weighted by molar-refractivity contribution is 7.15. The van der Waals surface area contributed by atoms with Crippen LogP contribution in [0.2, 0.25) is 5.02 Å². The lowest BCUT2D eigenvalue weighted by atomic mass is 10.0. The minimum absolute atomic E-state index is 0.0509. The third-order valence-electron chi connectivity index (χ3n) is 5.18. The van der Waals surface area contributed by atoms with Gasteiger partial charge in [0.2, 0.25) is 0 Å². The fourth-order valence-corrected chi connectivity index (χ4v) is 4.72. The standard InChI is InChI=1S/C23H24ClN3O2S/c1-16-26-21(22(30-16)18-5-3-2-4-6-18)23(28)25-15-20(27-11-13-29-14-12-27)17-7-9-19(24)10-8-17/h2-10,20H,11-15H2,1H3,(H,25,28). The Bertz CT molecular complexity index is 985. The molecule has 30 heavy (non-hydrogen) atoms. The summed E-state index contributed by atoms with van der Waals surface area (Å²) in [6.45, 7) is 5.47. The van der Waals surface area contributed by atoms with Crippen molar-refractivity contribution >= 4 is 28.8 Å². The van der Waals surface area contributed by atoms with E-state index in [0.29, 0.717) is 30.5 Å². The molecule has 1 amide bonds. The molecule has 0 aliphatic carbocycles. The van der Waals surface area contributed by atoms with Crippen molar-refractivity contribution in [1.29, 1.82) is 0 Å². The summed E-state index contributed by atoms with van der Waals surface area (Å²) >= 11 is 7.62. The van der Waals surface area contributed by atoms with E-state index in [1.165, 1.54) is 0 Å². The van der Waals surface area contributed by atoms with Crippen molar-refractivity contribution in [2.24, 2.45) is 0 Å². The van der Waals surface area contributed by atoms with Crippen molar-refractivity contribution in [1.82, 2.24) is 15.2 Å². The first kappa shape index (κ1) is 21.0. The van der Waals surface area contributed by atoms with Gasteiger partial charge in [-0.3, -0.25) is 9.69 Å². The summed E-state index contributed by atoms with van der Waals surface area (Å²) in [6, 6.07) is 17.8. The zero-order valence-corrected chi connectivity index (χ0v) is 18.4. The number of aryl methyl sites for hydroxylation is 1. The summed E-state index contributed by atoms with van der Waals surface area (Å²) in [5, 5.41) is 4.70. The molecular weight excluding hydrogens is 418 g/mol. The second kappa shape index (κ2) is 9.71. The van der Waals surface area contributed by atoms with E-state index in [4.69, 9.17) is 16.3 Å². The van der Waals surface area contributed by atoms with Crippen LogP contribution < -0.4 is 5.32 Å². The monoisotopic (exact) mass is 441 g/mol. The molecule has 1 saturated heterocycles. The maximum Gasteiger partial charge on any atom is 0.271 e. The van der Waals surface area contributed by atoms with E-state index in [2.05, 4.69) is 15.2 Å². The third-order valence-corrected chi connectivity index (χ3v) is 6.45. The zero-order valence-electron chi connectivity index (χ0n) is 16.8. The molecule has 2 aromatic carbocycles. The van der Waals surface area contributed by atoms with Crippen LogP contribution in [0.25, 0.3) is 10.4 Å². The third kappa shape index (κ3) is 4.90. The fraction of sp³-hybridized carbons (Fsp3) is 0.304. The van der Waals surface area contributed by atoms with E-state index >= 15 is 0 Å². The number of thiazole rings is 1. The minimum atomic E-state index is -0.148. The van der Waals surface area contributed by atoms with Gasteiger partial charge in [0.15, 0.2) is 0 Å². The Kier molecular flexibility index (Phi) is 6.79. The number of carbonyl (C=O) groups is 1. The second-order valence-electron chi connectivity index (χ2n) is 7.20. The molecule has 1 aromatic heterocycles. The summed E-state index contributed by atoms with van der Waals surface area (Å²) < 4.78 is 5.51. The quantitative estimate of drug-likeness (QED) is 0.608. The molecule has 0 spiro atoms. The van der Waals surface area contributed by atoms with Crippen LogP contribution in [0.15, 0.2) is 54.6 Å². The van der Waals surface area contributed by atoms with Crippen LogP contribution in [0.3, 0.4) is 0 Å². The number of ether oxygens (including phenoxy) is 1. The number of nitrogens with one attached hydrogen (secondary N) is 1. The largest absolute Gasteiger partial charge is 0.379 e. The van der Waals surface area contributed by atoms with Crippen LogP contribution in [0.4, 0.5) is 0 Å². The topological polar surface area (TPSA) is 54.5 Å². The van der Waals surface area contributed by atoms with Crippen LogP contribution in [-0.2, 0) is 4.74 Å². The van der Waals surface area contributed by atoms with Crippen molar-refractivity contribution in [3.05, 3.63) is 75.9 Å². The number of hydrogen-bond acceptors (Lipinski definition) is 5. The van der Waals surface area contributed by atoms with Crippen LogP contribution in [-0.4, -0.2) is 48.6 Å².